The molecule has 0 spiro atoms. The Bertz CT molecular complexity index is 485. The van der Waals surface area contributed by atoms with E-state index in [9.17, 15) is 13.2 Å². The summed E-state index contributed by atoms with van der Waals surface area (Å²) in [6, 6.07) is 7.49. The van der Waals surface area contributed by atoms with Crippen molar-refractivity contribution in [1.29, 1.82) is 0 Å². The number of aliphatic carboxylic acids is 1. The van der Waals surface area contributed by atoms with Gasteiger partial charge in [0, 0.05) is 0 Å². The number of carboxylic acids is 1. The minimum absolute atomic E-state index is 0.221. The number of nitrogens with one attached hydrogen (secondary N) is 1. The van der Waals surface area contributed by atoms with Crippen LogP contribution in [0.25, 0.3) is 0 Å². The molecule has 6 nitrogen and oxygen atoms in total. The second kappa shape index (κ2) is 6.48. The monoisotopic (exact) mass is 273 g/mol. The van der Waals surface area contributed by atoms with Crippen molar-refractivity contribution in [3.8, 4) is 0 Å². The molecule has 0 heterocycles. The predicted octanol–water partition coefficient (Wildman–Crippen LogP) is -0.406. The van der Waals surface area contributed by atoms with Gasteiger partial charge in [-0.1, -0.05) is 30.3 Å². The Morgan fingerprint density at radius 3 is 2.39 bits per heavy atom. The largest absolute Gasteiger partial charge is 0.480 e. The smallest absolute Gasteiger partial charge is 0.324 e. The molecule has 1 atom stereocenters. The molecule has 0 radical (unpaired) electrons. The first-order valence-corrected chi connectivity index (χ1v) is 6.97. The highest BCUT2D eigenvalue weighted by atomic mass is 32.2. The van der Waals surface area contributed by atoms with Crippen LogP contribution in [0.15, 0.2) is 30.3 Å². The van der Waals surface area contributed by atoms with Crippen molar-refractivity contribution in [3.63, 3.8) is 0 Å². The highest BCUT2D eigenvalue weighted by molar-refractivity contribution is 7.89. The summed E-state index contributed by atoms with van der Waals surface area (Å²) in [5.74, 6) is -1.62. The van der Waals surface area contributed by atoms with E-state index in [0.717, 1.165) is 5.56 Å². The maximum atomic E-state index is 11.6. The molecule has 0 aliphatic heterocycles. The lowest BCUT2D eigenvalue weighted by Gasteiger charge is -2.12. The average Bonchev–Trinajstić information content (AvgIpc) is 2.35. The van der Waals surface area contributed by atoms with Crippen molar-refractivity contribution in [2.24, 2.45) is 0 Å². The number of aliphatic hydroxyl groups is 1. The summed E-state index contributed by atoms with van der Waals surface area (Å²) in [5, 5.41) is 17.4. The Morgan fingerprint density at radius 1 is 1.28 bits per heavy atom. The topological polar surface area (TPSA) is 104 Å². The second-order valence-electron chi connectivity index (χ2n) is 3.75. The van der Waals surface area contributed by atoms with Crippen LogP contribution in [-0.2, 0) is 21.2 Å². The molecule has 18 heavy (non-hydrogen) atoms. The van der Waals surface area contributed by atoms with Gasteiger partial charge in [0.05, 0.1) is 12.4 Å². The summed E-state index contributed by atoms with van der Waals surface area (Å²) in [6.07, 6.45) is 0.286. The van der Waals surface area contributed by atoms with Crippen molar-refractivity contribution >= 4 is 16.0 Å². The van der Waals surface area contributed by atoms with Crippen molar-refractivity contribution in [2.45, 2.75) is 12.5 Å². The molecule has 1 unspecified atom stereocenters. The fourth-order valence-electron chi connectivity index (χ4n) is 1.34. The van der Waals surface area contributed by atoms with E-state index in [4.69, 9.17) is 10.2 Å². The molecule has 7 heteroatoms. The molecule has 0 saturated heterocycles. The van der Waals surface area contributed by atoms with Crippen LogP contribution in [0.4, 0.5) is 0 Å². The Morgan fingerprint density at radius 2 is 1.89 bits per heavy atom. The number of carboxylic acid groups (broad SMARTS) is 1. The third-order valence-corrected chi connectivity index (χ3v) is 3.69. The number of carbonyl (C=O) groups is 1. The Balaban J connectivity index is 2.57. The number of sulfonamides is 1. The summed E-state index contributed by atoms with van der Waals surface area (Å²) in [5.41, 5.74) is 0.846. The van der Waals surface area contributed by atoms with Crippen molar-refractivity contribution in [2.75, 3.05) is 12.4 Å². The van der Waals surface area contributed by atoms with Crippen LogP contribution in [0.1, 0.15) is 5.56 Å². The molecular weight excluding hydrogens is 258 g/mol. The van der Waals surface area contributed by atoms with Gasteiger partial charge in [-0.3, -0.25) is 4.79 Å². The Kier molecular flexibility index (Phi) is 5.26. The van der Waals surface area contributed by atoms with E-state index in [2.05, 4.69) is 0 Å². The highest BCUT2D eigenvalue weighted by Crippen LogP contribution is 2.02. The first-order chi connectivity index (χ1) is 8.44. The van der Waals surface area contributed by atoms with E-state index in [1.807, 2.05) is 10.8 Å². The second-order valence-corrected chi connectivity index (χ2v) is 5.62. The first kappa shape index (κ1) is 14.6. The maximum Gasteiger partial charge on any atom is 0.324 e. The molecule has 0 bridgehead atoms. The summed E-state index contributed by atoms with van der Waals surface area (Å²) in [6.45, 7) is -0.778. The van der Waals surface area contributed by atoms with Crippen LogP contribution in [0, 0.1) is 0 Å². The third kappa shape index (κ3) is 4.82. The number of benzene rings is 1. The normalized spacial score (nSPS) is 13.2. The summed E-state index contributed by atoms with van der Waals surface area (Å²) in [4.78, 5) is 10.6. The van der Waals surface area contributed by atoms with Gasteiger partial charge in [0.1, 0.15) is 6.04 Å². The predicted molar refractivity (Wildman–Crippen MR) is 65.6 cm³/mol. The summed E-state index contributed by atoms with van der Waals surface area (Å²) >= 11 is 0. The number of hydrogen-bond acceptors (Lipinski definition) is 4. The average molecular weight is 273 g/mol. The lowest BCUT2D eigenvalue weighted by molar-refractivity contribution is -0.139. The molecule has 1 aromatic rings. The van der Waals surface area contributed by atoms with Gasteiger partial charge in [0.25, 0.3) is 0 Å². The molecule has 0 aromatic heterocycles. The molecule has 1 aromatic carbocycles. The quantitative estimate of drug-likeness (QED) is 0.627. The van der Waals surface area contributed by atoms with E-state index in [1.54, 1.807) is 24.3 Å². The standard InChI is InChI=1S/C11H15NO5S/c13-8-10(11(14)15)12-18(16,17)7-6-9-4-2-1-3-5-9/h1-5,10,12-13H,6-8H2,(H,14,15). The van der Waals surface area contributed by atoms with Crippen LogP contribution in [0.3, 0.4) is 0 Å². The highest BCUT2D eigenvalue weighted by Gasteiger charge is 2.22. The van der Waals surface area contributed by atoms with Gasteiger partial charge in [-0.05, 0) is 12.0 Å². The lowest BCUT2D eigenvalue weighted by atomic mass is 10.2. The Labute approximate surface area is 105 Å². The zero-order valence-electron chi connectivity index (χ0n) is 9.61. The molecule has 100 valence electrons. The molecule has 0 saturated carbocycles. The maximum absolute atomic E-state index is 11.6. The SMILES string of the molecule is O=C(O)C(CO)NS(=O)(=O)CCc1ccccc1. The Hall–Kier alpha value is -1.44. The molecule has 0 aliphatic rings. The van der Waals surface area contributed by atoms with Crippen LogP contribution >= 0.6 is 0 Å². The van der Waals surface area contributed by atoms with Gasteiger partial charge in [0.2, 0.25) is 10.0 Å². The van der Waals surface area contributed by atoms with Crippen molar-refractivity contribution in [1.82, 2.24) is 4.72 Å². The molecule has 0 amide bonds. The number of aryl methyl sites for hydroxylation is 1. The van der Waals surface area contributed by atoms with Gasteiger partial charge < -0.3 is 10.2 Å². The zero-order valence-corrected chi connectivity index (χ0v) is 10.4. The van der Waals surface area contributed by atoms with Gasteiger partial charge in [-0.25, -0.2) is 8.42 Å². The van der Waals surface area contributed by atoms with E-state index in [0.29, 0.717) is 0 Å². The number of hydrogen-bond donors (Lipinski definition) is 3. The fourth-order valence-corrected chi connectivity index (χ4v) is 2.57. The van der Waals surface area contributed by atoms with Gasteiger partial charge in [-0.2, -0.15) is 4.72 Å². The number of aliphatic hydroxyl groups excluding tert-OH is 1. The third-order valence-electron chi connectivity index (χ3n) is 2.30. The van der Waals surface area contributed by atoms with Gasteiger partial charge in [-0.15, -0.1) is 0 Å². The molecular formula is C11H15NO5S. The van der Waals surface area contributed by atoms with Gasteiger partial charge >= 0.3 is 5.97 Å². The lowest BCUT2D eigenvalue weighted by Crippen LogP contribution is -2.44. The molecule has 0 aliphatic carbocycles. The van der Waals surface area contributed by atoms with Gasteiger partial charge in [0.15, 0.2) is 0 Å². The van der Waals surface area contributed by atoms with E-state index in [-0.39, 0.29) is 12.2 Å². The molecule has 3 N–H and O–H groups in total. The van der Waals surface area contributed by atoms with E-state index >= 15 is 0 Å². The minimum atomic E-state index is -3.73. The summed E-state index contributed by atoms with van der Waals surface area (Å²) < 4.78 is 25.1. The molecule has 1 rings (SSSR count). The van der Waals surface area contributed by atoms with Crippen LogP contribution in [0.2, 0.25) is 0 Å². The molecule has 0 fully saturated rings. The summed E-state index contributed by atoms with van der Waals surface area (Å²) in [7, 11) is -3.73. The zero-order chi connectivity index (χ0) is 13.6. The van der Waals surface area contributed by atoms with E-state index < -0.39 is 28.6 Å². The van der Waals surface area contributed by atoms with Crippen LogP contribution in [-0.4, -0.2) is 43.0 Å². The van der Waals surface area contributed by atoms with Crippen LogP contribution in [0.5, 0.6) is 0 Å². The van der Waals surface area contributed by atoms with E-state index in [1.165, 1.54) is 0 Å². The minimum Gasteiger partial charge on any atom is -0.480 e. The fraction of sp³-hybridized carbons (Fsp3) is 0.364. The number of rotatable bonds is 7. The van der Waals surface area contributed by atoms with Crippen molar-refractivity contribution < 1.29 is 23.4 Å². The van der Waals surface area contributed by atoms with Crippen molar-refractivity contribution in [3.05, 3.63) is 35.9 Å². The van der Waals surface area contributed by atoms with Crippen LogP contribution < -0.4 is 4.72 Å². The first-order valence-electron chi connectivity index (χ1n) is 5.32.